The molecule has 4 rings (SSSR count). The molecule has 0 unspecified atom stereocenters. The number of hydrogen-bond donors (Lipinski definition) is 2. The largest absolute Gasteiger partial charge is 0.493 e. The van der Waals surface area contributed by atoms with E-state index in [4.69, 9.17) is 9.26 Å². The summed E-state index contributed by atoms with van der Waals surface area (Å²) in [7, 11) is 0. The highest BCUT2D eigenvalue weighted by atomic mass is 16.5. The van der Waals surface area contributed by atoms with Gasteiger partial charge in [-0.2, -0.15) is 0 Å². The number of nitrogens with zero attached hydrogens (tertiary/aromatic N) is 2. The molecule has 8 heteroatoms. The minimum atomic E-state index is -0.353. The van der Waals surface area contributed by atoms with E-state index < -0.39 is 0 Å². The summed E-state index contributed by atoms with van der Waals surface area (Å²) < 4.78 is 11.3. The van der Waals surface area contributed by atoms with Gasteiger partial charge in [-0.25, -0.2) is 0 Å². The van der Waals surface area contributed by atoms with Crippen LogP contribution >= 0.6 is 0 Å². The number of aromatic nitrogens is 1. The summed E-state index contributed by atoms with van der Waals surface area (Å²) in [5, 5.41) is 10.2. The molecule has 0 saturated carbocycles. The normalized spacial score (nSPS) is 19.2. The van der Waals surface area contributed by atoms with E-state index in [1.54, 1.807) is 0 Å². The topological polar surface area (TPSA) is 96.7 Å². The monoisotopic (exact) mass is 510 g/mol. The van der Waals surface area contributed by atoms with Crippen molar-refractivity contribution in [3.8, 4) is 5.75 Å². The van der Waals surface area contributed by atoms with Crippen LogP contribution in [0.1, 0.15) is 69.4 Å². The zero-order chi connectivity index (χ0) is 26.1. The van der Waals surface area contributed by atoms with Gasteiger partial charge in [0.05, 0.1) is 30.8 Å². The Labute approximate surface area is 220 Å². The van der Waals surface area contributed by atoms with Crippen molar-refractivity contribution >= 4 is 11.8 Å². The van der Waals surface area contributed by atoms with Crippen LogP contribution in [0.3, 0.4) is 0 Å². The Morgan fingerprint density at radius 1 is 1.16 bits per heavy atom. The first-order valence-electron chi connectivity index (χ1n) is 13.9. The number of piperidine rings is 1. The number of amides is 2. The van der Waals surface area contributed by atoms with Crippen molar-refractivity contribution in [2.75, 3.05) is 32.8 Å². The van der Waals surface area contributed by atoms with Gasteiger partial charge < -0.3 is 19.9 Å². The average Bonchev–Trinajstić information content (AvgIpc) is 3.33. The highest BCUT2D eigenvalue weighted by Crippen LogP contribution is 2.37. The molecule has 3 heterocycles. The fourth-order valence-electron chi connectivity index (χ4n) is 5.40. The molecule has 0 bridgehead atoms. The summed E-state index contributed by atoms with van der Waals surface area (Å²) in [5.41, 5.74) is 1.81. The highest BCUT2D eigenvalue weighted by molar-refractivity contribution is 5.83. The second-order valence-electron chi connectivity index (χ2n) is 11.0. The van der Waals surface area contributed by atoms with Crippen molar-refractivity contribution < 1.29 is 18.8 Å². The van der Waals surface area contributed by atoms with Crippen LogP contribution in [0.5, 0.6) is 5.75 Å². The molecule has 2 aliphatic heterocycles. The Morgan fingerprint density at radius 3 is 2.78 bits per heavy atom. The lowest BCUT2D eigenvalue weighted by atomic mass is 9.73. The van der Waals surface area contributed by atoms with E-state index in [-0.39, 0.29) is 17.2 Å². The number of nitrogens with one attached hydrogen (secondary N) is 2. The molecule has 8 nitrogen and oxygen atoms in total. The fourth-order valence-corrected chi connectivity index (χ4v) is 5.40. The molecule has 1 aromatic carbocycles. The zero-order valence-corrected chi connectivity index (χ0v) is 22.4. The number of para-hydroxylation sites is 1. The summed E-state index contributed by atoms with van der Waals surface area (Å²) in [5.74, 6) is 2.28. The Morgan fingerprint density at radius 2 is 1.97 bits per heavy atom. The maximum atomic E-state index is 13.3. The first kappa shape index (κ1) is 27.2. The van der Waals surface area contributed by atoms with Gasteiger partial charge in [0.15, 0.2) is 5.76 Å². The third-order valence-electron chi connectivity index (χ3n) is 7.54. The molecule has 0 radical (unpaired) electrons. The van der Waals surface area contributed by atoms with Crippen LogP contribution in [0.15, 0.2) is 34.9 Å². The van der Waals surface area contributed by atoms with E-state index in [1.165, 1.54) is 5.56 Å². The first-order chi connectivity index (χ1) is 17.9. The number of rotatable bonds is 6. The van der Waals surface area contributed by atoms with Crippen molar-refractivity contribution in [1.82, 2.24) is 20.7 Å². The lowest BCUT2D eigenvalue weighted by Gasteiger charge is -2.40. The lowest BCUT2D eigenvalue weighted by Crippen LogP contribution is -2.50. The van der Waals surface area contributed by atoms with Gasteiger partial charge in [-0.1, -0.05) is 43.6 Å². The quantitative estimate of drug-likeness (QED) is 0.612. The van der Waals surface area contributed by atoms with Gasteiger partial charge >= 0.3 is 0 Å². The summed E-state index contributed by atoms with van der Waals surface area (Å²) in [4.78, 5) is 28.0. The molecule has 1 fully saturated rings. The van der Waals surface area contributed by atoms with Crippen molar-refractivity contribution in [1.29, 1.82) is 0 Å². The number of carbonyl (C=O) groups is 2. The minimum Gasteiger partial charge on any atom is -0.493 e. The van der Waals surface area contributed by atoms with E-state index in [0.717, 1.165) is 75.9 Å². The van der Waals surface area contributed by atoms with Crippen LogP contribution in [0, 0.1) is 11.3 Å². The van der Waals surface area contributed by atoms with Crippen LogP contribution < -0.4 is 15.4 Å². The molecule has 2 aliphatic rings. The fraction of sp³-hybridized carbons (Fsp3) is 0.621. The second kappa shape index (κ2) is 13.1. The van der Waals surface area contributed by atoms with Crippen LogP contribution in [-0.4, -0.2) is 54.7 Å². The van der Waals surface area contributed by atoms with E-state index in [9.17, 15) is 9.59 Å². The maximum absolute atomic E-state index is 13.3. The Bertz CT molecular complexity index is 1030. The van der Waals surface area contributed by atoms with E-state index in [1.807, 2.05) is 18.2 Å². The van der Waals surface area contributed by atoms with Crippen molar-refractivity contribution in [2.24, 2.45) is 11.3 Å². The van der Waals surface area contributed by atoms with Gasteiger partial charge in [0.25, 0.3) is 0 Å². The lowest BCUT2D eigenvalue weighted by molar-refractivity contribution is -0.135. The summed E-state index contributed by atoms with van der Waals surface area (Å²) in [6.07, 6.45) is 7.07. The van der Waals surface area contributed by atoms with Crippen molar-refractivity contribution in [3.05, 3.63) is 47.3 Å². The van der Waals surface area contributed by atoms with Crippen LogP contribution in [0.2, 0.25) is 0 Å². The molecule has 202 valence electrons. The van der Waals surface area contributed by atoms with Crippen LogP contribution in [0.4, 0.5) is 0 Å². The van der Waals surface area contributed by atoms with Gasteiger partial charge in [0.1, 0.15) is 5.75 Å². The molecule has 1 aromatic heterocycles. The summed E-state index contributed by atoms with van der Waals surface area (Å²) in [6, 6.07) is 10.2. The van der Waals surface area contributed by atoms with Crippen LogP contribution in [-0.2, 0) is 29.0 Å². The molecule has 2 amide bonds. The molecule has 2 aromatic rings. The Kier molecular flexibility index (Phi) is 9.61. The predicted molar refractivity (Wildman–Crippen MR) is 142 cm³/mol. The third-order valence-corrected chi connectivity index (χ3v) is 7.54. The van der Waals surface area contributed by atoms with Crippen molar-refractivity contribution in [3.63, 3.8) is 0 Å². The zero-order valence-electron chi connectivity index (χ0n) is 22.4. The van der Waals surface area contributed by atoms with Gasteiger partial charge in [-0.15, -0.1) is 0 Å². The molecular formula is C29H42N4O4. The van der Waals surface area contributed by atoms with Gasteiger partial charge in [0.2, 0.25) is 11.8 Å². The standard InChI is InChI=1S/C29H42N4O4/c1-22(2)18-24-19-25(37-32-24)20-31-27(34)21-33-15-12-29(13-16-33)11-6-5-9-23-8-3-4-10-26(23)36-17-7-14-30-28(29)35/h3-4,8,10,19,22H,5-7,9,11-18,20-21H2,1-2H3,(H,30,35)(H,31,34). The first-order valence-corrected chi connectivity index (χ1v) is 13.9. The van der Waals surface area contributed by atoms with E-state index in [0.29, 0.717) is 37.9 Å². The molecule has 0 aliphatic carbocycles. The molecular weight excluding hydrogens is 468 g/mol. The minimum absolute atomic E-state index is 0.0316. The Balaban J connectivity index is 1.26. The SMILES string of the molecule is CC(C)Cc1cc(CNC(=O)CN2CCC3(CCCCc4ccccc4OCCCNC3=O)CC2)on1. The van der Waals surface area contributed by atoms with Crippen LogP contribution in [0.25, 0.3) is 0 Å². The molecule has 1 saturated heterocycles. The number of fused-ring (bicyclic) bond motifs is 1. The number of aryl methyl sites for hydroxylation is 1. The number of hydrogen-bond acceptors (Lipinski definition) is 6. The number of ether oxygens (including phenoxy) is 1. The number of likely N-dealkylation sites (tertiary alicyclic amines) is 1. The predicted octanol–water partition coefficient (Wildman–Crippen LogP) is 3.88. The summed E-state index contributed by atoms with van der Waals surface area (Å²) >= 11 is 0. The van der Waals surface area contributed by atoms with E-state index >= 15 is 0 Å². The third kappa shape index (κ3) is 7.81. The summed E-state index contributed by atoms with van der Waals surface area (Å²) in [6.45, 7) is 7.66. The van der Waals surface area contributed by atoms with Gasteiger partial charge in [-0.05, 0) is 75.6 Å². The van der Waals surface area contributed by atoms with Gasteiger partial charge in [0, 0.05) is 12.6 Å². The average molecular weight is 511 g/mol. The maximum Gasteiger partial charge on any atom is 0.234 e. The second-order valence-corrected chi connectivity index (χ2v) is 11.0. The Hall–Kier alpha value is -2.87. The molecule has 37 heavy (non-hydrogen) atoms. The molecule has 1 spiro atoms. The van der Waals surface area contributed by atoms with E-state index in [2.05, 4.69) is 46.7 Å². The smallest absolute Gasteiger partial charge is 0.234 e. The molecule has 2 N–H and O–H groups in total. The number of carbonyl (C=O) groups excluding carboxylic acids is 2. The highest BCUT2D eigenvalue weighted by Gasteiger charge is 2.40. The van der Waals surface area contributed by atoms with Gasteiger partial charge in [-0.3, -0.25) is 14.5 Å². The van der Waals surface area contributed by atoms with Crippen molar-refractivity contribution in [2.45, 2.75) is 71.8 Å². The number of benzene rings is 1. The molecule has 0 atom stereocenters.